The van der Waals surface area contributed by atoms with Crippen molar-refractivity contribution in [3.63, 3.8) is 0 Å². The molecule has 0 saturated carbocycles. The number of piperidine rings is 1. The summed E-state index contributed by atoms with van der Waals surface area (Å²) in [6.45, 7) is 17.6. The van der Waals surface area contributed by atoms with E-state index in [4.69, 9.17) is 0 Å². The highest BCUT2D eigenvalue weighted by atomic mass is 15.2. The van der Waals surface area contributed by atoms with Gasteiger partial charge in [-0.3, -0.25) is 4.90 Å². The highest BCUT2D eigenvalue weighted by Crippen LogP contribution is 2.28. The minimum absolute atomic E-state index is 0.349. The number of hydrogen-bond acceptors (Lipinski definition) is 2. The average molecular weight is 240 g/mol. The molecule has 0 amide bonds. The predicted octanol–water partition coefficient (Wildman–Crippen LogP) is 3.13. The molecule has 0 aromatic carbocycles. The van der Waals surface area contributed by atoms with E-state index in [1.54, 1.807) is 0 Å². The van der Waals surface area contributed by atoms with Crippen LogP contribution >= 0.6 is 0 Å². The summed E-state index contributed by atoms with van der Waals surface area (Å²) in [5, 5.41) is 3.57. The zero-order chi connectivity index (χ0) is 13.1. The van der Waals surface area contributed by atoms with Crippen molar-refractivity contribution in [2.24, 2.45) is 11.3 Å². The fourth-order valence-electron chi connectivity index (χ4n) is 2.84. The van der Waals surface area contributed by atoms with Gasteiger partial charge in [-0.2, -0.15) is 0 Å². The van der Waals surface area contributed by atoms with E-state index in [0.29, 0.717) is 11.5 Å². The summed E-state index contributed by atoms with van der Waals surface area (Å²) >= 11 is 0. The Morgan fingerprint density at radius 1 is 1.29 bits per heavy atom. The van der Waals surface area contributed by atoms with E-state index in [0.717, 1.165) is 18.5 Å². The van der Waals surface area contributed by atoms with E-state index >= 15 is 0 Å². The van der Waals surface area contributed by atoms with Gasteiger partial charge in [-0.05, 0) is 44.6 Å². The Hall–Kier alpha value is -0.0800. The molecule has 2 heteroatoms. The van der Waals surface area contributed by atoms with E-state index in [9.17, 15) is 0 Å². The SMILES string of the molecule is CCNC(C)C(C)(C)CN1CC(C)CCC1C. The molecule has 1 rings (SSSR count). The van der Waals surface area contributed by atoms with Gasteiger partial charge >= 0.3 is 0 Å². The van der Waals surface area contributed by atoms with Crippen LogP contribution in [0, 0.1) is 11.3 Å². The van der Waals surface area contributed by atoms with Gasteiger partial charge in [0.1, 0.15) is 0 Å². The number of likely N-dealkylation sites (tertiary alicyclic amines) is 1. The first-order valence-corrected chi connectivity index (χ1v) is 7.34. The van der Waals surface area contributed by atoms with E-state index in [1.165, 1.54) is 25.9 Å². The van der Waals surface area contributed by atoms with Crippen molar-refractivity contribution in [2.45, 2.75) is 66.5 Å². The molecule has 1 heterocycles. The zero-order valence-electron chi connectivity index (χ0n) is 12.7. The number of hydrogen-bond donors (Lipinski definition) is 1. The molecule has 0 aromatic rings. The van der Waals surface area contributed by atoms with Gasteiger partial charge < -0.3 is 5.32 Å². The van der Waals surface area contributed by atoms with Gasteiger partial charge in [0.05, 0.1) is 0 Å². The van der Waals surface area contributed by atoms with Crippen LogP contribution in [0.4, 0.5) is 0 Å². The van der Waals surface area contributed by atoms with Crippen molar-refractivity contribution < 1.29 is 0 Å². The van der Waals surface area contributed by atoms with Crippen LogP contribution in [0.3, 0.4) is 0 Å². The lowest BCUT2D eigenvalue weighted by atomic mass is 9.83. The van der Waals surface area contributed by atoms with Crippen molar-refractivity contribution in [1.82, 2.24) is 10.2 Å². The molecule has 1 saturated heterocycles. The molecule has 0 spiro atoms. The van der Waals surface area contributed by atoms with Crippen LogP contribution in [0.25, 0.3) is 0 Å². The highest BCUT2D eigenvalue weighted by molar-refractivity contribution is 4.87. The van der Waals surface area contributed by atoms with E-state index in [1.807, 2.05) is 0 Å². The predicted molar refractivity (Wildman–Crippen MR) is 76.4 cm³/mol. The fourth-order valence-corrected chi connectivity index (χ4v) is 2.84. The standard InChI is InChI=1S/C15H32N2/c1-7-16-14(4)15(5,6)11-17-10-12(2)8-9-13(17)3/h12-14,16H,7-11H2,1-6H3. The summed E-state index contributed by atoms with van der Waals surface area (Å²) in [5.74, 6) is 0.872. The highest BCUT2D eigenvalue weighted by Gasteiger charge is 2.31. The molecular weight excluding hydrogens is 208 g/mol. The Balaban J connectivity index is 2.55. The quantitative estimate of drug-likeness (QED) is 0.794. The summed E-state index contributed by atoms with van der Waals surface area (Å²) in [4.78, 5) is 2.70. The lowest BCUT2D eigenvalue weighted by Crippen LogP contribution is -2.51. The molecule has 17 heavy (non-hydrogen) atoms. The van der Waals surface area contributed by atoms with Crippen molar-refractivity contribution in [2.75, 3.05) is 19.6 Å². The van der Waals surface area contributed by atoms with Crippen LogP contribution in [0.5, 0.6) is 0 Å². The molecule has 0 aromatic heterocycles. The smallest absolute Gasteiger partial charge is 0.0102 e. The topological polar surface area (TPSA) is 15.3 Å². The molecule has 0 radical (unpaired) electrons. The Morgan fingerprint density at radius 3 is 2.53 bits per heavy atom. The minimum Gasteiger partial charge on any atom is -0.314 e. The van der Waals surface area contributed by atoms with Gasteiger partial charge in [-0.25, -0.2) is 0 Å². The molecule has 1 aliphatic rings. The number of nitrogens with one attached hydrogen (secondary N) is 1. The second kappa shape index (κ2) is 6.19. The monoisotopic (exact) mass is 240 g/mol. The van der Waals surface area contributed by atoms with Crippen LogP contribution in [0.15, 0.2) is 0 Å². The van der Waals surface area contributed by atoms with Gasteiger partial charge in [0.25, 0.3) is 0 Å². The second-order valence-corrected chi connectivity index (χ2v) is 6.73. The van der Waals surface area contributed by atoms with E-state index in [2.05, 4.69) is 51.8 Å². The van der Waals surface area contributed by atoms with Crippen LogP contribution < -0.4 is 5.32 Å². The number of rotatable bonds is 5. The maximum Gasteiger partial charge on any atom is 0.0102 e. The van der Waals surface area contributed by atoms with Crippen molar-refractivity contribution in [3.8, 4) is 0 Å². The Morgan fingerprint density at radius 2 is 1.94 bits per heavy atom. The third kappa shape index (κ3) is 4.26. The molecule has 1 aliphatic heterocycles. The first-order chi connectivity index (χ1) is 7.86. The minimum atomic E-state index is 0.349. The molecular formula is C15H32N2. The van der Waals surface area contributed by atoms with Crippen LogP contribution in [0.2, 0.25) is 0 Å². The maximum atomic E-state index is 3.57. The van der Waals surface area contributed by atoms with Gasteiger partial charge in [0.2, 0.25) is 0 Å². The third-order valence-corrected chi connectivity index (χ3v) is 4.54. The van der Waals surface area contributed by atoms with Gasteiger partial charge in [-0.15, -0.1) is 0 Å². The first-order valence-electron chi connectivity index (χ1n) is 7.34. The average Bonchev–Trinajstić information content (AvgIpc) is 2.23. The van der Waals surface area contributed by atoms with Crippen molar-refractivity contribution in [3.05, 3.63) is 0 Å². The van der Waals surface area contributed by atoms with E-state index in [-0.39, 0.29) is 0 Å². The molecule has 102 valence electrons. The molecule has 1 fully saturated rings. The zero-order valence-corrected chi connectivity index (χ0v) is 12.7. The molecule has 0 bridgehead atoms. The second-order valence-electron chi connectivity index (χ2n) is 6.73. The molecule has 2 nitrogen and oxygen atoms in total. The van der Waals surface area contributed by atoms with Gasteiger partial charge in [-0.1, -0.05) is 27.7 Å². The lowest BCUT2D eigenvalue weighted by Gasteiger charge is -2.43. The molecule has 3 atom stereocenters. The van der Waals surface area contributed by atoms with E-state index < -0.39 is 0 Å². The summed E-state index contributed by atoms with van der Waals surface area (Å²) in [7, 11) is 0. The molecule has 1 N–H and O–H groups in total. The molecule has 0 aliphatic carbocycles. The fraction of sp³-hybridized carbons (Fsp3) is 1.00. The summed E-state index contributed by atoms with van der Waals surface area (Å²) in [5.41, 5.74) is 0.349. The number of nitrogens with zero attached hydrogens (tertiary/aromatic N) is 1. The first kappa shape index (κ1) is 15.0. The maximum absolute atomic E-state index is 3.57. The Bertz CT molecular complexity index is 225. The van der Waals surface area contributed by atoms with Crippen molar-refractivity contribution >= 4 is 0 Å². The van der Waals surface area contributed by atoms with Crippen LogP contribution in [-0.4, -0.2) is 36.6 Å². The molecule has 3 unspecified atom stereocenters. The van der Waals surface area contributed by atoms with Crippen LogP contribution in [0.1, 0.15) is 54.4 Å². The van der Waals surface area contributed by atoms with Gasteiger partial charge in [0, 0.05) is 25.2 Å². The summed E-state index contributed by atoms with van der Waals surface area (Å²) < 4.78 is 0. The summed E-state index contributed by atoms with van der Waals surface area (Å²) in [6, 6.07) is 1.34. The van der Waals surface area contributed by atoms with Crippen LogP contribution in [-0.2, 0) is 0 Å². The normalized spacial score (nSPS) is 29.3. The summed E-state index contributed by atoms with van der Waals surface area (Å²) in [6.07, 6.45) is 2.77. The third-order valence-electron chi connectivity index (χ3n) is 4.54. The lowest BCUT2D eigenvalue weighted by molar-refractivity contribution is 0.0661. The largest absolute Gasteiger partial charge is 0.314 e. The van der Waals surface area contributed by atoms with Crippen molar-refractivity contribution in [1.29, 1.82) is 0 Å². The van der Waals surface area contributed by atoms with Gasteiger partial charge in [0.15, 0.2) is 0 Å². The Kier molecular flexibility index (Phi) is 5.46. The Labute approximate surface area is 108 Å².